The lowest BCUT2D eigenvalue weighted by atomic mass is 9.82. The summed E-state index contributed by atoms with van der Waals surface area (Å²) in [5.74, 6) is -0.493. The van der Waals surface area contributed by atoms with Gasteiger partial charge in [0.25, 0.3) is 0 Å². The van der Waals surface area contributed by atoms with E-state index in [1.165, 1.54) is 23.4 Å². The normalized spacial score (nSPS) is 13.5. The van der Waals surface area contributed by atoms with E-state index in [9.17, 15) is 9.50 Å². The SMILES string of the molecule is C=C(c1ccccc1)C(O)(Cn1cncn1)c1ccccc1F. The van der Waals surface area contributed by atoms with E-state index in [1.807, 2.05) is 30.3 Å². The monoisotopic (exact) mass is 309 g/mol. The van der Waals surface area contributed by atoms with Gasteiger partial charge in [-0.3, -0.25) is 0 Å². The highest BCUT2D eigenvalue weighted by atomic mass is 19.1. The van der Waals surface area contributed by atoms with Gasteiger partial charge in [-0.25, -0.2) is 14.1 Å². The van der Waals surface area contributed by atoms with Crippen molar-refractivity contribution in [1.82, 2.24) is 14.8 Å². The Morgan fingerprint density at radius 2 is 1.83 bits per heavy atom. The molecule has 0 amide bonds. The zero-order chi connectivity index (χ0) is 16.3. The smallest absolute Gasteiger partial charge is 0.137 e. The van der Waals surface area contributed by atoms with Gasteiger partial charge >= 0.3 is 0 Å². The van der Waals surface area contributed by atoms with Gasteiger partial charge in [-0.15, -0.1) is 0 Å². The maximum absolute atomic E-state index is 14.3. The first-order chi connectivity index (χ1) is 11.1. The summed E-state index contributed by atoms with van der Waals surface area (Å²) in [6, 6.07) is 15.4. The van der Waals surface area contributed by atoms with Gasteiger partial charge in [-0.05, 0) is 17.2 Å². The van der Waals surface area contributed by atoms with Crippen LogP contribution in [0.4, 0.5) is 4.39 Å². The summed E-state index contributed by atoms with van der Waals surface area (Å²) in [6.45, 7) is 4.03. The van der Waals surface area contributed by atoms with Crippen LogP contribution in [-0.2, 0) is 12.1 Å². The lowest BCUT2D eigenvalue weighted by Crippen LogP contribution is -2.34. The third-order valence-electron chi connectivity index (χ3n) is 3.80. The zero-order valence-corrected chi connectivity index (χ0v) is 12.4. The highest BCUT2D eigenvalue weighted by molar-refractivity contribution is 5.72. The van der Waals surface area contributed by atoms with Gasteiger partial charge in [0.2, 0.25) is 0 Å². The van der Waals surface area contributed by atoms with Crippen molar-refractivity contribution in [2.24, 2.45) is 0 Å². The van der Waals surface area contributed by atoms with Crippen molar-refractivity contribution in [3.63, 3.8) is 0 Å². The van der Waals surface area contributed by atoms with Crippen molar-refractivity contribution >= 4 is 5.57 Å². The van der Waals surface area contributed by atoms with Crippen LogP contribution in [0.15, 0.2) is 73.8 Å². The Labute approximate surface area is 133 Å². The molecule has 5 heteroatoms. The van der Waals surface area contributed by atoms with Crippen molar-refractivity contribution in [3.05, 3.63) is 90.8 Å². The lowest BCUT2D eigenvalue weighted by molar-refractivity contribution is 0.0728. The molecule has 0 fully saturated rings. The molecule has 0 spiro atoms. The van der Waals surface area contributed by atoms with Gasteiger partial charge in [0.1, 0.15) is 24.1 Å². The quantitative estimate of drug-likeness (QED) is 0.788. The second-order valence-electron chi connectivity index (χ2n) is 5.28. The van der Waals surface area contributed by atoms with Gasteiger partial charge in [-0.1, -0.05) is 55.1 Å². The number of hydrogen-bond donors (Lipinski definition) is 1. The first kappa shape index (κ1) is 15.1. The van der Waals surface area contributed by atoms with Crippen LogP contribution in [0.5, 0.6) is 0 Å². The second kappa shape index (κ2) is 6.14. The predicted octanol–water partition coefficient (Wildman–Crippen LogP) is 3.02. The number of aliphatic hydroxyl groups is 1. The summed E-state index contributed by atoms with van der Waals surface area (Å²) in [4.78, 5) is 3.87. The summed E-state index contributed by atoms with van der Waals surface area (Å²) in [6.07, 6.45) is 2.84. The van der Waals surface area contributed by atoms with Crippen molar-refractivity contribution in [2.75, 3.05) is 0 Å². The average molecular weight is 309 g/mol. The van der Waals surface area contributed by atoms with Crippen LogP contribution in [0.3, 0.4) is 0 Å². The number of nitrogens with zero attached hydrogens (tertiary/aromatic N) is 3. The molecule has 3 aromatic rings. The highest BCUT2D eigenvalue weighted by Gasteiger charge is 2.36. The molecule has 1 unspecified atom stereocenters. The Bertz CT molecular complexity index is 802. The van der Waals surface area contributed by atoms with Crippen molar-refractivity contribution < 1.29 is 9.50 Å². The van der Waals surface area contributed by atoms with Gasteiger partial charge in [-0.2, -0.15) is 5.10 Å². The van der Waals surface area contributed by atoms with Gasteiger partial charge in [0, 0.05) is 5.56 Å². The van der Waals surface area contributed by atoms with E-state index in [1.54, 1.807) is 18.2 Å². The Hall–Kier alpha value is -2.79. The molecule has 116 valence electrons. The van der Waals surface area contributed by atoms with E-state index in [2.05, 4.69) is 16.7 Å². The minimum absolute atomic E-state index is 0.0155. The fraction of sp³-hybridized carbons (Fsp3) is 0.111. The third kappa shape index (κ3) is 2.91. The molecular weight excluding hydrogens is 293 g/mol. The molecule has 0 aliphatic carbocycles. The molecular formula is C18H16FN3O. The zero-order valence-electron chi connectivity index (χ0n) is 12.4. The Balaban J connectivity index is 2.10. The molecule has 23 heavy (non-hydrogen) atoms. The Kier molecular flexibility index (Phi) is 4.04. The van der Waals surface area contributed by atoms with Crippen LogP contribution in [0.2, 0.25) is 0 Å². The molecule has 1 aromatic heterocycles. The summed E-state index contributed by atoms with van der Waals surface area (Å²) in [7, 11) is 0. The van der Waals surface area contributed by atoms with Crippen LogP contribution < -0.4 is 0 Å². The molecule has 0 aliphatic heterocycles. The van der Waals surface area contributed by atoms with Crippen molar-refractivity contribution in [2.45, 2.75) is 12.1 Å². The topological polar surface area (TPSA) is 50.9 Å². The molecule has 1 heterocycles. The molecule has 0 saturated carbocycles. The largest absolute Gasteiger partial charge is 0.378 e. The van der Waals surface area contributed by atoms with E-state index in [-0.39, 0.29) is 12.1 Å². The van der Waals surface area contributed by atoms with E-state index in [0.29, 0.717) is 5.57 Å². The number of rotatable bonds is 5. The molecule has 3 rings (SSSR count). The Morgan fingerprint density at radius 3 is 2.48 bits per heavy atom. The number of halogens is 1. The van der Waals surface area contributed by atoms with Crippen LogP contribution in [0, 0.1) is 5.82 Å². The molecule has 0 saturated heterocycles. The molecule has 1 atom stereocenters. The molecule has 4 nitrogen and oxygen atoms in total. The molecule has 1 N–H and O–H groups in total. The lowest BCUT2D eigenvalue weighted by Gasteiger charge is -2.31. The first-order valence-corrected chi connectivity index (χ1v) is 7.16. The Morgan fingerprint density at radius 1 is 1.13 bits per heavy atom. The maximum Gasteiger partial charge on any atom is 0.137 e. The molecule has 2 aromatic carbocycles. The number of benzene rings is 2. The number of hydrogen-bond acceptors (Lipinski definition) is 3. The average Bonchev–Trinajstić information content (AvgIpc) is 3.08. The summed E-state index contributed by atoms with van der Waals surface area (Å²) in [5.41, 5.74) is -0.346. The minimum Gasteiger partial charge on any atom is -0.378 e. The van der Waals surface area contributed by atoms with Gasteiger partial charge in [0.15, 0.2) is 0 Å². The highest BCUT2D eigenvalue weighted by Crippen LogP contribution is 2.37. The van der Waals surface area contributed by atoms with Gasteiger partial charge < -0.3 is 5.11 Å². The van der Waals surface area contributed by atoms with Crippen LogP contribution in [0.25, 0.3) is 5.57 Å². The van der Waals surface area contributed by atoms with E-state index in [4.69, 9.17) is 0 Å². The van der Waals surface area contributed by atoms with Gasteiger partial charge in [0.05, 0.1) is 6.54 Å². The van der Waals surface area contributed by atoms with Crippen molar-refractivity contribution in [1.29, 1.82) is 0 Å². The molecule has 0 aliphatic rings. The fourth-order valence-electron chi connectivity index (χ4n) is 2.57. The number of aromatic nitrogens is 3. The van der Waals surface area contributed by atoms with Crippen molar-refractivity contribution in [3.8, 4) is 0 Å². The van der Waals surface area contributed by atoms with E-state index in [0.717, 1.165) is 5.56 Å². The minimum atomic E-state index is -1.64. The van der Waals surface area contributed by atoms with E-state index < -0.39 is 11.4 Å². The second-order valence-corrected chi connectivity index (χ2v) is 5.28. The summed E-state index contributed by atoms with van der Waals surface area (Å²) in [5, 5.41) is 15.3. The predicted molar refractivity (Wildman–Crippen MR) is 85.8 cm³/mol. The fourth-order valence-corrected chi connectivity index (χ4v) is 2.57. The van der Waals surface area contributed by atoms with E-state index >= 15 is 0 Å². The summed E-state index contributed by atoms with van der Waals surface area (Å²) < 4.78 is 15.8. The third-order valence-corrected chi connectivity index (χ3v) is 3.80. The summed E-state index contributed by atoms with van der Waals surface area (Å²) >= 11 is 0. The standard InChI is InChI=1S/C18H16FN3O/c1-14(15-7-3-2-4-8-15)18(23,11-22-13-20-12-21-22)16-9-5-6-10-17(16)19/h2-10,12-13,23H,1,11H2. The maximum atomic E-state index is 14.3. The van der Waals surface area contributed by atoms with Crippen LogP contribution in [-0.4, -0.2) is 19.9 Å². The first-order valence-electron chi connectivity index (χ1n) is 7.16. The van der Waals surface area contributed by atoms with Crippen LogP contribution >= 0.6 is 0 Å². The molecule has 0 bridgehead atoms. The van der Waals surface area contributed by atoms with Crippen LogP contribution in [0.1, 0.15) is 11.1 Å². The molecule has 0 radical (unpaired) electrons.